The summed E-state index contributed by atoms with van der Waals surface area (Å²) in [5, 5.41) is 0. The number of quaternary nitrogens is 1. The lowest BCUT2D eigenvalue weighted by molar-refractivity contribution is -0.814. The van der Waals surface area contributed by atoms with Crippen molar-refractivity contribution in [2.75, 3.05) is 20.6 Å². The molecular weight excluding hydrogens is 469 g/mol. The second-order valence-electron chi connectivity index (χ2n) is 9.20. The third kappa shape index (κ3) is 21.1. The third-order valence-electron chi connectivity index (χ3n) is 5.90. The average Bonchev–Trinajstić information content (AvgIpc) is 2.68. The monoisotopic (exact) mass is 521 g/mol. The quantitative estimate of drug-likeness (QED) is 0.0931. The highest BCUT2D eigenvalue weighted by molar-refractivity contribution is 5.68. The zero-order valence-electron chi connectivity index (χ0n) is 20.3. The lowest BCUT2D eigenvalue weighted by atomic mass is 10.1. The minimum Gasteiger partial charge on any atom is -1.00 e. The molecule has 0 N–H and O–H groups in total. The molecule has 0 bridgehead atoms. The number of carbonyl (C=O) groups is 1. The molecule has 1 amide bonds. The summed E-state index contributed by atoms with van der Waals surface area (Å²) in [5.74, 6) is 0.425. The van der Waals surface area contributed by atoms with Crippen molar-refractivity contribution in [3.05, 3.63) is 12.2 Å². The largest absolute Gasteiger partial charge is 1.00 e. The topological polar surface area (TPSA) is 17.1 Å². The molecule has 0 fully saturated rings. The molecular formula is C26H52INO. The van der Waals surface area contributed by atoms with Gasteiger partial charge in [0.25, 0.3) is 0 Å². The van der Waals surface area contributed by atoms with E-state index in [1.165, 1.54) is 103 Å². The summed E-state index contributed by atoms with van der Waals surface area (Å²) in [6.07, 6.45) is 27.5. The summed E-state index contributed by atoms with van der Waals surface area (Å²) in [5.41, 5.74) is 0. The standard InChI is InChI=1S/C26H52NO.HI/c1-5-7-9-11-12-13-14-15-16-17-18-19-20-21-22-24-26(28)27(3,4)25-23-10-8-6-2;/h15-16H,5-14,17-25H2,1-4H3;1H/q+1;/p-1. The highest BCUT2D eigenvalue weighted by atomic mass is 127. The molecule has 0 heterocycles. The van der Waals surface area contributed by atoms with Gasteiger partial charge in [0, 0.05) is 0 Å². The van der Waals surface area contributed by atoms with Crippen molar-refractivity contribution in [2.24, 2.45) is 0 Å². The highest BCUT2D eigenvalue weighted by Gasteiger charge is 2.24. The van der Waals surface area contributed by atoms with Crippen LogP contribution in [0.15, 0.2) is 12.2 Å². The number of hydrogen-bond donors (Lipinski definition) is 0. The Balaban J connectivity index is 0. The van der Waals surface area contributed by atoms with Gasteiger partial charge in [-0.1, -0.05) is 90.2 Å². The molecule has 0 radical (unpaired) electrons. The van der Waals surface area contributed by atoms with Crippen molar-refractivity contribution in [1.82, 2.24) is 0 Å². The second kappa shape index (κ2) is 22.8. The fourth-order valence-corrected chi connectivity index (χ4v) is 3.71. The third-order valence-corrected chi connectivity index (χ3v) is 5.90. The van der Waals surface area contributed by atoms with Gasteiger partial charge in [0.15, 0.2) is 0 Å². The first-order valence-electron chi connectivity index (χ1n) is 12.6. The van der Waals surface area contributed by atoms with Crippen molar-refractivity contribution in [2.45, 2.75) is 129 Å². The van der Waals surface area contributed by atoms with Gasteiger partial charge in [-0.25, -0.2) is 4.79 Å². The van der Waals surface area contributed by atoms with Gasteiger partial charge >= 0.3 is 5.91 Å². The summed E-state index contributed by atoms with van der Waals surface area (Å²) in [6.45, 7) is 5.51. The number of unbranched alkanes of at least 4 members (excludes halogenated alkanes) is 14. The number of halogens is 1. The lowest BCUT2D eigenvalue weighted by Crippen LogP contribution is -3.00. The minimum atomic E-state index is 0. The molecule has 0 saturated heterocycles. The van der Waals surface area contributed by atoms with Gasteiger partial charge < -0.3 is 24.0 Å². The summed E-state index contributed by atoms with van der Waals surface area (Å²) in [4.78, 5) is 12.4. The Morgan fingerprint density at radius 2 is 1.03 bits per heavy atom. The Morgan fingerprint density at radius 1 is 0.621 bits per heavy atom. The van der Waals surface area contributed by atoms with Crippen molar-refractivity contribution in [3.8, 4) is 0 Å². The maximum Gasteiger partial charge on any atom is 0.313 e. The van der Waals surface area contributed by atoms with Crippen LogP contribution in [-0.2, 0) is 4.79 Å². The van der Waals surface area contributed by atoms with Crippen LogP contribution in [-0.4, -0.2) is 31.0 Å². The maximum absolute atomic E-state index is 12.4. The molecule has 0 spiro atoms. The second-order valence-corrected chi connectivity index (χ2v) is 9.20. The molecule has 0 rings (SSSR count). The van der Waals surface area contributed by atoms with E-state index in [9.17, 15) is 4.79 Å². The summed E-state index contributed by atoms with van der Waals surface area (Å²) in [6, 6.07) is 0. The average molecular weight is 522 g/mol. The van der Waals surface area contributed by atoms with E-state index in [1.54, 1.807) is 0 Å². The number of amides is 1. The van der Waals surface area contributed by atoms with Gasteiger partial charge in [0.05, 0.1) is 27.1 Å². The van der Waals surface area contributed by atoms with Gasteiger partial charge in [0.1, 0.15) is 0 Å². The molecule has 2 nitrogen and oxygen atoms in total. The Labute approximate surface area is 200 Å². The van der Waals surface area contributed by atoms with Crippen LogP contribution < -0.4 is 24.0 Å². The van der Waals surface area contributed by atoms with Gasteiger partial charge in [-0.2, -0.15) is 0 Å². The number of nitrogens with zero attached hydrogens (tertiary/aromatic N) is 1. The molecule has 0 atom stereocenters. The summed E-state index contributed by atoms with van der Waals surface area (Å²) >= 11 is 0. The molecule has 0 aliphatic heterocycles. The summed E-state index contributed by atoms with van der Waals surface area (Å²) < 4.78 is 0.577. The molecule has 0 saturated carbocycles. The van der Waals surface area contributed by atoms with E-state index in [1.807, 2.05) is 0 Å². The molecule has 3 heteroatoms. The van der Waals surface area contributed by atoms with Crippen LogP contribution >= 0.6 is 0 Å². The first-order valence-corrected chi connectivity index (χ1v) is 12.6. The Morgan fingerprint density at radius 3 is 1.55 bits per heavy atom. The van der Waals surface area contributed by atoms with Crippen LogP contribution in [0.25, 0.3) is 0 Å². The molecule has 174 valence electrons. The van der Waals surface area contributed by atoms with Gasteiger partial charge in [-0.3, -0.25) is 4.48 Å². The fourth-order valence-electron chi connectivity index (χ4n) is 3.71. The first-order chi connectivity index (χ1) is 13.5. The molecule has 0 aromatic rings. The lowest BCUT2D eigenvalue weighted by Gasteiger charge is -2.27. The maximum atomic E-state index is 12.4. The molecule has 0 aromatic heterocycles. The van der Waals surface area contributed by atoms with Crippen molar-refractivity contribution in [1.29, 1.82) is 0 Å². The minimum absolute atomic E-state index is 0. The van der Waals surface area contributed by atoms with Crippen LogP contribution in [0.2, 0.25) is 0 Å². The molecule has 29 heavy (non-hydrogen) atoms. The van der Waals surface area contributed by atoms with Crippen LogP contribution in [0, 0.1) is 0 Å². The van der Waals surface area contributed by atoms with E-state index >= 15 is 0 Å². The van der Waals surface area contributed by atoms with Crippen molar-refractivity contribution < 1.29 is 33.3 Å². The van der Waals surface area contributed by atoms with E-state index < -0.39 is 0 Å². The first kappa shape index (κ1) is 31.3. The molecule has 0 aliphatic rings. The Hall–Kier alpha value is 0.1000. The van der Waals surface area contributed by atoms with Crippen LogP contribution in [0.3, 0.4) is 0 Å². The van der Waals surface area contributed by atoms with E-state index in [4.69, 9.17) is 0 Å². The SMILES string of the molecule is CCCCCCCCC=CCCCCCCCC(=O)[N+](C)(C)CCCCCC.[I-]. The smallest absolute Gasteiger partial charge is 0.313 e. The van der Waals surface area contributed by atoms with Crippen molar-refractivity contribution in [3.63, 3.8) is 0 Å². The molecule has 0 aliphatic carbocycles. The predicted octanol–water partition coefficient (Wildman–Crippen LogP) is 5.21. The van der Waals surface area contributed by atoms with E-state index in [0.29, 0.717) is 10.4 Å². The fraction of sp³-hybridized carbons (Fsp3) is 0.885. The molecule has 0 unspecified atom stereocenters. The van der Waals surface area contributed by atoms with Crippen LogP contribution in [0.4, 0.5) is 0 Å². The van der Waals surface area contributed by atoms with Gasteiger partial charge in [-0.15, -0.1) is 0 Å². The van der Waals surface area contributed by atoms with Gasteiger partial charge in [0.2, 0.25) is 0 Å². The van der Waals surface area contributed by atoms with E-state index in [2.05, 4.69) is 40.1 Å². The number of rotatable bonds is 20. The van der Waals surface area contributed by atoms with Gasteiger partial charge in [-0.05, 0) is 44.9 Å². The zero-order chi connectivity index (χ0) is 20.9. The normalized spacial score (nSPS) is 11.7. The number of hydrogen-bond acceptors (Lipinski definition) is 1. The molecule has 0 aromatic carbocycles. The zero-order valence-corrected chi connectivity index (χ0v) is 22.5. The number of carbonyl (C=O) groups excluding carboxylic acids is 1. The van der Waals surface area contributed by atoms with E-state index in [-0.39, 0.29) is 24.0 Å². The summed E-state index contributed by atoms with van der Waals surface area (Å²) in [7, 11) is 4.18. The predicted molar refractivity (Wildman–Crippen MR) is 126 cm³/mol. The highest BCUT2D eigenvalue weighted by Crippen LogP contribution is 2.13. The van der Waals surface area contributed by atoms with Crippen LogP contribution in [0.5, 0.6) is 0 Å². The van der Waals surface area contributed by atoms with Crippen LogP contribution in [0.1, 0.15) is 129 Å². The Bertz CT molecular complexity index is 379. The Kier molecular flexibility index (Phi) is 24.6. The van der Waals surface area contributed by atoms with Crippen molar-refractivity contribution >= 4 is 5.91 Å². The van der Waals surface area contributed by atoms with E-state index in [0.717, 1.165) is 19.4 Å². The number of allylic oxidation sites excluding steroid dienone is 2.